The fourth-order valence-electron chi connectivity index (χ4n) is 2.54. The van der Waals surface area contributed by atoms with Crippen LogP contribution < -0.4 is 4.74 Å². The minimum atomic E-state index is 0.855. The highest BCUT2D eigenvalue weighted by atomic mass is 16.5. The lowest BCUT2D eigenvalue weighted by atomic mass is 10.1. The molecular weight excluding hydrogens is 236 g/mol. The molecule has 0 saturated heterocycles. The van der Waals surface area contributed by atoms with Gasteiger partial charge in [0.1, 0.15) is 11.4 Å². The summed E-state index contributed by atoms with van der Waals surface area (Å²) in [5.74, 6) is 0.855. The maximum absolute atomic E-state index is 5.27. The number of hydrogen-bond donors (Lipinski definition) is 1. The number of aromatic nitrogens is 2. The third-order valence-corrected chi connectivity index (χ3v) is 3.49. The Bertz CT molecular complexity index is 908. The number of nitrogens with zero attached hydrogens (tertiary/aromatic N) is 1. The van der Waals surface area contributed by atoms with E-state index in [-0.39, 0.29) is 0 Å². The van der Waals surface area contributed by atoms with Gasteiger partial charge in [0.25, 0.3) is 0 Å². The summed E-state index contributed by atoms with van der Waals surface area (Å²) in [5.41, 5.74) is 3.02. The number of pyridine rings is 1. The van der Waals surface area contributed by atoms with Gasteiger partial charge >= 0.3 is 0 Å². The number of ether oxygens (including phenoxy) is 1. The number of benzene rings is 2. The van der Waals surface area contributed by atoms with Crippen LogP contribution in [0.5, 0.6) is 5.75 Å². The molecule has 0 saturated carbocycles. The summed E-state index contributed by atoms with van der Waals surface area (Å²) in [5, 5.41) is 3.45. The second-order valence-electron chi connectivity index (χ2n) is 4.61. The standard InChI is InChI=1S/C16H12N2O/c1-19-11-6-7-14-10(8-11)9-13-12-4-2-3-5-15(12)18-16(13)17-14/h2-9H,1H3,(H,17,18). The van der Waals surface area contributed by atoms with Crippen molar-refractivity contribution < 1.29 is 4.74 Å². The summed E-state index contributed by atoms with van der Waals surface area (Å²) >= 11 is 0. The number of para-hydroxylation sites is 1. The summed E-state index contributed by atoms with van der Waals surface area (Å²) in [7, 11) is 1.68. The first-order valence-electron chi connectivity index (χ1n) is 6.20. The molecule has 0 radical (unpaired) electrons. The molecule has 1 N–H and O–H groups in total. The molecule has 2 aromatic carbocycles. The van der Waals surface area contributed by atoms with Crippen molar-refractivity contribution in [2.75, 3.05) is 7.11 Å². The van der Waals surface area contributed by atoms with E-state index in [0.29, 0.717) is 0 Å². The fourth-order valence-corrected chi connectivity index (χ4v) is 2.54. The molecule has 2 heterocycles. The van der Waals surface area contributed by atoms with Crippen LogP contribution in [-0.4, -0.2) is 17.1 Å². The van der Waals surface area contributed by atoms with Crippen molar-refractivity contribution in [2.45, 2.75) is 0 Å². The zero-order chi connectivity index (χ0) is 12.8. The van der Waals surface area contributed by atoms with Crippen LogP contribution in [0.1, 0.15) is 0 Å². The lowest BCUT2D eigenvalue weighted by Crippen LogP contribution is -1.84. The molecule has 3 heteroatoms. The number of nitrogens with one attached hydrogen (secondary N) is 1. The molecule has 0 amide bonds. The van der Waals surface area contributed by atoms with Crippen molar-refractivity contribution in [3.05, 3.63) is 48.5 Å². The number of H-pyrrole nitrogens is 1. The van der Waals surface area contributed by atoms with Crippen LogP contribution in [0.4, 0.5) is 0 Å². The summed E-state index contributed by atoms with van der Waals surface area (Å²) in [6.45, 7) is 0. The molecular formula is C16H12N2O. The molecule has 0 unspecified atom stereocenters. The topological polar surface area (TPSA) is 37.9 Å². The van der Waals surface area contributed by atoms with Gasteiger partial charge in [-0.15, -0.1) is 0 Å². The van der Waals surface area contributed by atoms with E-state index in [9.17, 15) is 0 Å². The van der Waals surface area contributed by atoms with E-state index in [1.807, 2.05) is 30.3 Å². The highest BCUT2D eigenvalue weighted by Gasteiger charge is 2.07. The molecule has 0 bridgehead atoms. The molecule has 0 spiro atoms. The molecule has 92 valence electrons. The zero-order valence-electron chi connectivity index (χ0n) is 10.5. The molecule has 2 aromatic heterocycles. The monoisotopic (exact) mass is 248 g/mol. The van der Waals surface area contributed by atoms with Gasteiger partial charge < -0.3 is 9.72 Å². The number of rotatable bonds is 1. The SMILES string of the molecule is COc1ccc2nc3[nH]c4ccccc4c3cc2c1. The average Bonchev–Trinajstić information content (AvgIpc) is 2.82. The van der Waals surface area contributed by atoms with Gasteiger partial charge in [0.05, 0.1) is 12.6 Å². The van der Waals surface area contributed by atoms with Crippen LogP contribution >= 0.6 is 0 Å². The van der Waals surface area contributed by atoms with Gasteiger partial charge in [0, 0.05) is 21.7 Å². The fraction of sp³-hybridized carbons (Fsp3) is 0.0625. The van der Waals surface area contributed by atoms with E-state index in [1.165, 1.54) is 5.39 Å². The number of aromatic amines is 1. The second kappa shape index (κ2) is 3.72. The lowest BCUT2D eigenvalue weighted by molar-refractivity contribution is 0.415. The Hall–Kier alpha value is -2.55. The minimum Gasteiger partial charge on any atom is -0.497 e. The molecule has 0 fully saturated rings. The van der Waals surface area contributed by atoms with Crippen molar-refractivity contribution in [2.24, 2.45) is 0 Å². The van der Waals surface area contributed by atoms with Crippen LogP contribution in [-0.2, 0) is 0 Å². The molecule has 0 aliphatic carbocycles. The highest BCUT2D eigenvalue weighted by Crippen LogP contribution is 2.28. The Kier molecular flexibility index (Phi) is 2.03. The molecule has 3 nitrogen and oxygen atoms in total. The Morgan fingerprint density at radius 2 is 1.89 bits per heavy atom. The summed E-state index contributed by atoms with van der Waals surface area (Å²) in [4.78, 5) is 8.04. The average molecular weight is 248 g/mol. The maximum Gasteiger partial charge on any atom is 0.139 e. The molecule has 0 aliphatic heterocycles. The van der Waals surface area contributed by atoms with Crippen LogP contribution in [0, 0.1) is 0 Å². The Morgan fingerprint density at radius 3 is 2.79 bits per heavy atom. The largest absolute Gasteiger partial charge is 0.497 e. The van der Waals surface area contributed by atoms with Crippen LogP contribution in [0.3, 0.4) is 0 Å². The van der Waals surface area contributed by atoms with Crippen molar-refractivity contribution in [3.63, 3.8) is 0 Å². The molecule has 4 aromatic rings. The second-order valence-corrected chi connectivity index (χ2v) is 4.61. The van der Waals surface area contributed by atoms with Gasteiger partial charge in [-0.05, 0) is 30.3 Å². The van der Waals surface area contributed by atoms with E-state index in [2.05, 4.69) is 28.2 Å². The molecule has 4 rings (SSSR count). The number of fused-ring (bicyclic) bond motifs is 4. The van der Waals surface area contributed by atoms with Gasteiger partial charge in [-0.3, -0.25) is 0 Å². The normalized spacial score (nSPS) is 11.4. The van der Waals surface area contributed by atoms with E-state index >= 15 is 0 Å². The van der Waals surface area contributed by atoms with Crippen molar-refractivity contribution in [1.29, 1.82) is 0 Å². The van der Waals surface area contributed by atoms with Gasteiger partial charge in [-0.1, -0.05) is 18.2 Å². The van der Waals surface area contributed by atoms with Gasteiger partial charge in [0.15, 0.2) is 0 Å². The van der Waals surface area contributed by atoms with Crippen molar-refractivity contribution >= 4 is 32.8 Å². The third-order valence-electron chi connectivity index (χ3n) is 3.49. The Morgan fingerprint density at radius 1 is 1.00 bits per heavy atom. The predicted octanol–water partition coefficient (Wildman–Crippen LogP) is 3.88. The molecule has 0 atom stereocenters. The lowest BCUT2D eigenvalue weighted by Gasteiger charge is -2.02. The number of methoxy groups -OCH3 is 1. The van der Waals surface area contributed by atoms with Crippen LogP contribution in [0.15, 0.2) is 48.5 Å². The summed E-state index contributed by atoms with van der Waals surface area (Å²) in [6.07, 6.45) is 0. The predicted molar refractivity (Wildman–Crippen MR) is 77.7 cm³/mol. The molecule has 19 heavy (non-hydrogen) atoms. The van der Waals surface area contributed by atoms with Crippen LogP contribution in [0.25, 0.3) is 32.8 Å². The zero-order valence-corrected chi connectivity index (χ0v) is 10.5. The quantitative estimate of drug-likeness (QED) is 0.555. The van der Waals surface area contributed by atoms with E-state index in [0.717, 1.165) is 33.2 Å². The molecule has 0 aliphatic rings. The smallest absolute Gasteiger partial charge is 0.139 e. The summed E-state index contributed by atoms with van der Waals surface area (Å²) in [6, 6.07) is 16.4. The Balaban J connectivity index is 2.16. The van der Waals surface area contributed by atoms with Gasteiger partial charge in [0.2, 0.25) is 0 Å². The van der Waals surface area contributed by atoms with Crippen molar-refractivity contribution in [3.8, 4) is 5.75 Å². The maximum atomic E-state index is 5.27. The summed E-state index contributed by atoms with van der Waals surface area (Å²) < 4.78 is 5.27. The highest BCUT2D eigenvalue weighted by molar-refractivity contribution is 6.09. The van der Waals surface area contributed by atoms with Crippen molar-refractivity contribution in [1.82, 2.24) is 9.97 Å². The Labute approximate surface area is 109 Å². The number of hydrogen-bond acceptors (Lipinski definition) is 2. The van der Waals surface area contributed by atoms with Crippen LogP contribution in [0.2, 0.25) is 0 Å². The first-order valence-corrected chi connectivity index (χ1v) is 6.20. The van der Waals surface area contributed by atoms with E-state index < -0.39 is 0 Å². The van der Waals surface area contributed by atoms with Gasteiger partial charge in [-0.25, -0.2) is 4.98 Å². The minimum absolute atomic E-state index is 0.855. The van der Waals surface area contributed by atoms with Gasteiger partial charge in [-0.2, -0.15) is 0 Å². The third kappa shape index (κ3) is 1.48. The first-order chi connectivity index (χ1) is 9.35. The van der Waals surface area contributed by atoms with E-state index in [4.69, 9.17) is 4.74 Å². The van der Waals surface area contributed by atoms with E-state index in [1.54, 1.807) is 7.11 Å². The first kappa shape index (κ1) is 10.4.